The van der Waals surface area contributed by atoms with Gasteiger partial charge in [0.15, 0.2) is 0 Å². The van der Waals surface area contributed by atoms with Gasteiger partial charge in [-0.1, -0.05) is 54.9 Å². The highest BCUT2D eigenvalue weighted by molar-refractivity contribution is 7.92. The predicted molar refractivity (Wildman–Crippen MR) is 156 cm³/mol. The number of benzene rings is 3. The molecule has 0 bridgehead atoms. The molecule has 1 N–H and O–H groups in total. The molecule has 3 rings (SSSR count). The van der Waals surface area contributed by atoms with E-state index in [0.29, 0.717) is 10.7 Å². The molecule has 0 spiro atoms. The van der Waals surface area contributed by atoms with Crippen LogP contribution in [0.5, 0.6) is 0 Å². The number of nitrogens with zero attached hydrogens (tertiary/aromatic N) is 2. The summed E-state index contributed by atoms with van der Waals surface area (Å²) in [5, 5.41) is 3.48. The molecule has 0 aliphatic carbocycles. The predicted octanol–water partition coefficient (Wildman–Crippen LogP) is 5.48. The Morgan fingerprint density at radius 1 is 0.923 bits per heavy atom. The topological polar surface area (TPSA) is 86.8 Å². The molecule has 3 aromatic carbocycles. The largest absolute Gasteiger partial charge is 0.352 e. The van der Waals surface area contributed by atoms with Crippen LogP contribution in [-0.2, 0) is 26.2 Å². The lowest BCUT2D eigenvalue weighted by Crippen LogP contribution is -2.52. The fourth-order valence-electron chi connectivity index (χ4n) is 4.18. The zero-order valence-corrected chi connectivity index (χ0v) is 24.6. The zero-order valence-electron chi connectivity index (χ0n) is 23.0. The molecule has 2 atom stereocenters. The van der Waals surface area contributed by atoms with E-state index in [1.807, 2.05) is 33.8 Å². The molecule has 7 nitrogen and oxygen atoms in total. The molecule has 208 valence electrons. The second-order valence-corrected chi connectivity index (χ2v) is 12.1. The lowest BCUT2D eigenvalue weighted by molar-refractivity contribution is -0.139. The van der Waals surface area contributed by atoms with Gasteiger partial charge >= 0.3 is 0 Å². The molecule has 2 amide bonds. The molecule has 9 heteroatoms. The molecule has 0 aliphatic rings. The summed E-state index contributed by atoms with van der Waals surface area (Å²) in [4.78, 5) is 28.6. The van der Waals surface area contributed by atoms with Gasteiger partial charge in [0.1, 0.15) is 12.6 Å². The third-order valence-corrected chi connectivity index (χ3v) is 8.58. The van der Waals surface area contributed by atoms with Gasteiger partial charge in [0.05, 0.1) is 10.6 Å². The van der Waals surface area contributed by atoms with Gasteiger partial charge in [-0.25, -0.2) is 8.42 Å². The van der Waals surface area contributed by atoms with Crippen LogP contribution in [0.25, 0.3) is 0 Å². The van der Waals surface area contributed by atoms with Crippen molar-refractivity contribution in [1.82, 2.24) is 10.2 Å². The molecule has 0 aromatic heterocycles. The average Bonchev–Trinajstić information content (AvgIpc) is 2.90. The van der Waals surface area contributed by atoms with E-state index in [4.69, 9.17) is 11.6 Å². The van der Waals surface area contributed by atoms with Gasteiger partial charge in [-0.05, 0) is 87.2 Å². The number of aryl methyl sites for hydroxylation is 2. The minimum absolute atomic E-state index is 0.0716. The number of carbonyl (C=O) groups is 2. The lowest BCUT2D eigenvalue weighted by Gasteiger charge is -2.32. The van der Waals surface area contributed by atoms with Crippen LogP contribution >= 0.6 is 11.6 Å². The van der Waals surface area contributed by atoms with Gasteiger partial charge in [0, 0.05) is 17.6 Å². The van der Waals surface area contributed by atoms with Crippen LogP contribution in [0.1, 0.15) is 43.9 Å². The van der Waals surface area contributed by atoms with Gasteiger partial charge in [0.2, 0.25) is 11.8 Å². The molecule has 0 fully saturated rings. The van der Waals surface area contributed by atoms with Crippen molar-refractivity contribution in [3.8, 4) is 0 Å². The first kappa shape index (κ1) is 30.2. The Morgan fingerprint density at radius 2 is 1.51 bits per heavy atom. The number of halogens is 1. The third-order valence-electron chi connectivity index (χ3n) is 6.54. The van der Waals surface area contributed by atoms with Crippen molar-refractivity contribution in [2.75, 3.05) is 10.8 Å². The van der Waals surface area contributed by atoms with Crippen molar-refractivity contribution in [2.45, 2.75) is 64.6 Å². The maximum atomic E-state index is 14.0. The number of hydrogen-bond donors (Lipinski definition) is 1. The standard InChI is InChI=1S/C30H36ClN3O4S/c1-6-23(4)32-30(36)24(5)33(19-25-12-14-26(31)15-13-25)29(35)20-34(27-17-21(2)16-22(3)18-27)39(37,38)28-10-8-7-9-11-28/h7-18,23-24H,6,19-20H2,1-5H3,(H,32,36)/t23-,24-/m0/s1. The summed E-state index contributed by atoms with van der Waals surface area (Å²) in [5.41, 5.74) is 2.88. The minimum Gasteiger partial charge on any atom is -0.352 e. The van der Waals surface area contributed by atoms with Gasteiger partial charge in [-0.2, -0.15) is 0 Å². The summed E-state index contributed by atoms with van der Waals surface area (Å²) in [6, 6.07) is 19.5. The molecule has 0 radical (unpaired) electrons. The van der Waals surface area contributed by atoms with Crippen LogP contribution in [0.2, 0.25) is 5.02 Å². The monoisotopic (exact) mass is 569 g/mol. The Labute approximate surface area is 236 Å². The summed E-state index contributed by atoms with van der Waals surface area (Å²) >= 11 is 6.05. The molecular formula is C30H36ClN3O4S. The van der Waals surface area contributed by atoms with Crippen molar-refractivity contribution in [1.29, 1.82) is 0 Å². The molecule has 39 heavy (non-hydrogen) atoms. The van der Waals surface area contributed by atoms with E-state index in [1.54, 1.807) is 61.5 Å². The van der Waals surface area contributed by atoms with E-state index in [1.165, 1.54) is 17.0 Å². The van der Waals surface area contributed by atoms with Crippen molar-refractivity contribution in [3.05, 3.63) is 94.5 Å². The third kappa shape index (κ3) is 7.83. The van der Waals surface area contributed by atoms with Crippen LogP contribution < -0.4 is 9.62 Å². The number of sulfonamides is 1. The lowest BCUT2D eigenvalue weighted by atomic mass is 10.1. The van der Waals surface area contributed by atoms with Crippen LogP contribution in [0, 0.1) is 13.8 Å². The Bertz CT molecular complexity index is 1380. The maximum absolute atomic E-state index is 14.0. The van der Waals surface area contributed by atoms with Crippen molar-refractivity contribution < 1.29 is 18.0 Å². The summed E-state index contributed by atoms with van der Waals surface area (Å²) in [7, 11) is -4.10. The number of hydrogen-bond acceptors (Lipinski definition) is 4. The van der Waals surface area contributed by atoms with Crippen LogP contribution in [-0.4, -0.2) is 43.8 Å². The van der Waals surface area contributed by atoms with E-state index >= 15 is 0 Å². The number of nitrogens with one attached hydrogen (secondary N) is 1. The summed E-state index contributed by atoms with van der Waals surface area (Å²) < 4.78 is 28.8. The van der Waals surface area contributed by atoms with E-state index in [-0.39, 0.29) is 23.4 Å². The SMILES string of the molecule is CC[C@H](C)NC(=O)[C@H](C)N(Cc1ccc(Cl)cc1)C(=O)CN(c1cc(C)cc(C)c1)S(=O)(=O)c1ccccc1. The van der Waals surface area contributed by atoms with E-state index in [2.05, 4.69) is 5.32 Å². The van der Waals surface area contributed by atoms with Gasteiger partial charge in [0.25, 0.3) is 10.0 Å². The summed E-state index contributed by atoms with van der Waals surface area (Å²) in [5.74, 6) is -0.814. The first-order valence-electron chi connectivity index (χ1n) is 12.9. The number of rotatable bonds is 11. The normalized spacial score (nSPS) is 12.9. The second kappa shape index (κ2) is 13.1. The van der Waals surface area contributed by atoms with Gasteiger partial charge < -0.3 is 10.2 Å². The number of carbonyl (C=O) groups excluding carboxylic acids is 2. The summed E-state index contributed by atoms with van der Waals surface area (Å²) in [6.45, 7) is 8.89. The van der Waals surface area contributed by atoms with E-state index in [9.17, 15) is 18.0 Å². The molecule has 0 heterocycles. The van der Waals surface area contributed by atoms with Crippen molar-refractivity contribution in [2.24, 2.45) is 0 Å². The first-order valence-corrected chi connectivity index (χ1v) is 14.7. The van der Waals surface area contributed by atoms with E-state index < -0.39 is 28.5 Å². The number of amides is 2. The van der Waals surface area contributed by atoms with Crippen molar-refractivity contribution >= 4 is 39.1 Å². The smallest absolute Gasteiger partial charge is 0.264 e. The number of anilines is 1. The first-order chi connectivity index (χ1) is 18.4. The van der Waals surface area contributed by atoms with Crippen LogP contribution in [0.4, 0.5) is 5.69 Å². The fourth-order valence-corrected chi connectivity index (χ4v) is 5.72. The second-order valence-electron chi connectivity index (χ2n) is 9.81. The highest BCUT2D eigenvalue weighted by atomic mass is 35.5. The highest BCUT2D eigenvalue weighted by Gasteiger charge is 2.32. The van der Waals surface area contributed by atoms with Crippen molar-refractivity contribution in [3.63, 3.8) is 0 Å². The molecule has 0 aliphatic heterocycles. The van der Waals surface area contributed by atoms with Crippen LogP contribution in [0.3, 0.4) is 0 Å². The summed E-state index contributed by atoms with van der Waals surface area (Å²) in [6.07, 6.45) is 0.736. The van der Waals surface area contributed by atoms with E-state index in [0.717, 1.165) is 27.4 Å². The Kier molecular flexibility index (Phi) is 10.2. The highest BCUT2D eigenvalue weighted by Crippen LogP contribution is 2.26. The minimum atomic E-state index is -4.10. The molecule has 3 aromatic rings. The maximum Gasteiger partial charge on any atom is 0.264 e. The fraction of sp³-hybridized carbons (Fsp3) is 0.333. The molecule has 0 saturated heterocycles. The molecular weight excluding hydrogens is 534 g/mol. The molecule has 0 unspecified atom stereocenters. The Balaban J connectivity index is 2.04. The Morgan fingerprint density at radius 3 is 2.08 bits per heavy atom. The quantitative estimate of drug-likeness (QED) is 0.331. The molecule has 0 saturated carbocycles. The zero-order chi connectivity index (χ0) is 28.7. The Hall–Kier alpha value is -3.36. The van der Waals surface area contributed by atoms with Gasteiger partial charge in [-0.3, -0.25) is 13.9 Å². The van der Waals surface area contributed by atoms with Gasteiger partial charge in [-0.15, -0.1) is 0 Å². The van der Waals surface area contributed by atoms with Crippen LogP contribution in [0.15, 0.2) is 77.7 Å². The average molecular weight is 570 g/mol.